The Labute approximate surface area is 495 Å². The van der Waals surface area contributed by atoms with Crippen molar-refractivity contribution in [3.05, 3.63) is 61.3 Å². The van der Waals surface area contributed by atoms with Crippen LogP contribution < -0.4 is 0 Å². The molecule has 0 radical (unpaired) electrons. The summed E-state index contributed by atoms with van der Waals surface area (Å²) in [6.45, 7) is 29.9. The minimum Gasteiger partial charge on any atom is -0.469 e. The Balaban J connectivity index is 0.736. The molecule has 12 rings (SSSR count). The summed E-state index contributed by atoms with van der Waals surface area (Å²) in [6.07, 6.45) is 21.3. The van der Waals surface area contributed by atoms with Gasteiger partial charge >= 0.3 is 5.97 Å². The molecule has 464 valence electrons. The van der Waals surface area contributed by atoms with E-state index in [1.54, 1.807) is 0 Å². The molecule has 33 atom stereocenters. The van der Waals surface area contributed by atoms with Gasteiger partial charge in [-0.2, -0.15) is 0 Å². The first-order chi connectivity index (χ1) is 39.8. The van der Waals surface area contributed by atoms with Gasteiger partial charge in [-0.25, -0.2) is 0 Å². The summed E-state index contributed by atoms with van der Waals surface area (Å²) in [7, 11) is 1.43. The molecule has 12 heterocycles. The molecule has 0 aromatic rings. The number of hydrogen-bond acceptors (Lipinski definition) is 15. The van der Waals surface area contributed by atoms with Gasteiger partial charge in [-0.05, 0) is 80.5 Å². The van der Waals surface area contributed by atoms with Gasteiger partial charge in [0.2, 0.25) is 0 Å². The minimum absolute atomic E-state index is 0.0174. The zero-order chi connectivity index (χ0) is 58.2. The van der Waals surface area contributed by atoms with Crippen molar-refractivity contribution in [3.8, 4) is 0 Å². The van der Waals surface area contributed by atoms with Gasteiger partial charge in [0.1, 0.15) is 24.4 Å². The predicted molar refractivity (Wildman–Crippen MR) is 311 cm³/mol. The lowest BCUT2D eigenvalue weighted by Crippen LogP contribution is -2.62. The van der Waals surface area contributed by atoms with E-state index in [1.807, 2.05) is 6.08 Å². The molecular weight excluding hydrogens is 1060 g/mol. The lowest BCUT2D eigenvalue weighted by Gasteiger charge is -2.53. The normalized spacial score (nSPS) is 53.4. The van der Waals surface area contributed by atoms with E-state index < -0.39 is 54.1 Å². The van der Waals surface area contributed by atoms with Gasteiger partial charge in [0.15, 0.2) is 5.79 Å². The van der Waals surface area contributed by atoms with Crippen LogP contribution in [0, 0.1) is 53.3 Å². The van der Waals surface area contributed by atoms with E-state index in [4.69, 9.17) is 66.3 Å². The van der Waals surface area contributed by atoms with Gasteiger partial charge in [0.25, 0.3) is 0 Å². The Bertz CT molecular complexity index is 2380. The lowest BCUT2D eigenvalue weighted by molar-refractivity contribution is -0.335. The van der Waals surface area contributed by atoms with Crippen LogP contribution in [-0.4, -0.2) is 165 Å². The maximum Gasteiger partial charge on any atom is 0.308 e. The van der Waals surface area contributed by atoms with Crippen LogP contribution in [0.15, 0.2) is 61.3 Å². The molecule has 12 aliphatic rings. The van der Waals surface area contributed by atoms with Crippen molar-refractivity contribution in [2.24, 2.45) is 53.3 Å². The Morgan fingerprint density at radius 2 is 1.31 bits per heavy atom. The SMILES string of the molecule is C=CC[C@H]1O[C@H]2C=C[C@H]3O[C@H]4[C@H](C)[C@H]5O[C@@H](/C=C/[C@H](C)CC)C=CC[C@@H]5O[C@@H]4C[C@@H]3O[C@@H]2C=C[C@@H]1O[C@@H]1C[C@@H](C)[C@]2(C)O[C@@H]3C[C@H](C)C[C@@H]4O[C@H]5[C@H](C[C@H]4O[C@H]3C[C@H]2O[C@H]1CC(=O)OC)O[C@@H]1[C@@H](C)[C@H](C)[C@@]2(C[C@H](C)CO2)O[C@H]1C(C)[C@@H]5C. The third-order valence-electron chi connectivity index (χ3n) is 22.7. The number of allylic oxidation sites excluding steroid dienone is 1. The van der Waals surface area contributed by atoms with Crippen molar-refractivity contribution in [3.63, 3.8) is 0 Å². The van der Waals surface area contributed by atoms with Crippen LogP contribution in [0.25, 0.3) is 0 Å². The minimum atomic E-state index is -0.701. The molecule has 0 bridgehead atoms. The van der Waals surface area contributed by atoms with E-state index in [-0.39, 0.29) is 139 Å². The van der Waals surface area contributed by atoms with Gasteiger partial charge in [0, 0.05) is 37.5 Å². The predicted octanol–water partition coefficient (Wildman–Crippen LogP) is 10.5. The first-order valence-corrected chi connectivity index (χ1v) is 32.8. The molecule has 0 amide bonds. The lowest BCUT2D eigenvalue weighted by atomic mass is 9.73. The van der Waals surface area contributed by atoms with E-state index in [1.165, 1.54) is 7.11 Å². The molecule has 0 aliphatic carbocycles. The van der Waals surface area contributed by atoms with Crippen molar-refractivity contribution in [1.29, 1.82) is 0 Å². The molecule has 1 spiro atoms. The summed E-state index contributed by atoms with van der Waals surface area (Å²) in [6, 6.07) is 0. The maximum absolute atomic E-state index is 13.5. The molecule has 0 saturated carbocycles. The molecule has 1 unspecified atom stereocenters. The number of ether oxygens (including phenoxy) is 14. The molecule has 15 heteroatoms. The summed E-state index contributed by atoms with van der Waals surface area (Å²) >= 11 is 0. The number of methoxy groups -OCH3 is 1. The molecule has 0 aromatic carbocycles. The van der Waals surface area contributed by atoms with Gasteiger partial charge in [-0.1, -0.05) is 130 Å². The third kappa shape index (κ3) is 11.9. The van der Waals surface area contributed by atoms with Crippen LogP contribution >= 0.6 is 0 Å². The summed E-state index contributed by atoms with van der Waals surface area (Å²) in [5.74, 6) is 1.28. The Morgan fingerprint density at radius 3 is 2.08 bits per heavy atom. The van der Waals surface area contributed by atoms with Crippen LogP contribution in [0.5, 0.6) is 0 Å². The molecule has 15 nitrogen and oxygen atoms in total. The van der Waals surface area contributed by atoms with Crippen LogP contribution in [0.3, 0.4) is 0 Å². The van der Waals surface area contributed by atoms with Crippen LogP contribution in [-0.2, 0) is 71.1 Å². The second kappa shape index (κ2) is 24.9. The van der Waals surface area contributed by atoms with Crippen molar-refractivity contribution < 1.29 is 71.1 Å². The largest absolute Gasteiger partial charge is 0.469 e. The van der Waals surface area contributed by atoms with Gasteiger partial charge < -0.3 is 66.3 Å². The average molecular weight is 1160 g/mol. The Morgan fingerprint density at radius 1 is 0.639 bits per heavy atom. The van der Waals surface area contributed by atoms with Crippen molar-refractivity contribution in [2.75, 3.05) is 13.7 Å². The van der Waals surface area contributed by atoms with E-state index in [0.717, 1.165) is 45.1 Å². The monoisotopic (exact) mass is 1160 g/mol. The first-order valence-electron chi connectivity index (χ1n) is 32.8. The molecule has 9 fully saturated rings. The Kier molecular flexibility index (Phi) is 18.3. The van der Waals surface area contributed by atoms with Gasteiger partial charge in [-0.15, -0.1) is 6.58 Å². The standard InChI is InChI=1S/C68H102O15/c1-14-17-45-46(22-23-48-47(73-45)24-25-49-53(75-48)29-58-64(79-49)42(10)63-50(76-58)19-16-18-44(72-63)21-20-35(3)15-2)74-52-28-38(6)67(12)60(78-56(52)32-61(69)70-13)31-55-57(82-67)27-36(4)26-51-54(77-55)30-59-62(80-51)39(7)40(8)66-65(81-59)41(9)43(11)68(83-66)33-37(5)34-71-68/h14,16,18,20-25,35-60,62-66H,1,15,17,19,26-34H2,2-13H3/b21-20+/t35-,36-,37+,38-,39+,40?,41+,42-,43+,44-,45-,46+,47+,48-,49-,50+,51+,52-,53+,54-,55+,56+,57-,58-,59+,60-,62-,63-,64+,65-,66+,67+,68-/m1/s1. The van der Waals surface area contributed by atoms with Crippen LogP contribution in [0.4, 0.5) is 0 Å². The van der Waals surface area contributed by atoms with Gasteiger partial charge in [-0.3, -0.25) is 4.79 Å². The summed E-state index contributed by atoms with van der Waals surface area (Å²) in [5.41, 5.74) is -0.701. The zero-order valence-corrected chi connectivity index (χ0v) is 51.9. The molecular formula is C68H102O15. The van der Waals surface area contributed by atoms with E-state index >= 15 is 0 Å². The number of hydrogen-bond donors (Lipinski definition) is 0. The molecule has 0 N–H and O–H groups in total. The number of rotatable bonds is 9. The fourth-order valence-corrected chi connectivity index (χ4v) is 17.0. The highest BCUT2D eigenvalue weighted by atomic mass is 16.7. The fourth-order valence-electron chi connectivity index (χ4n) is 17.0. The number of esters is 1. The van der Waals surface area contributed by atoms with Crippen LogP contribution in [0.1, 0.15) is 147 Å². The van der Waals surface area contributed by atoms with E-state index in [2.05, 4.69) is 131 Å². The summed E-state index contributed by atoms with van der Waals surface area (Å²) in [4.78, 5) is 13.5. The van der Waals surface area contributed by atoms with E-state index in [9.17, 15) is 4.79 Å². The number of fused-ring (bicyclic) bond motifs is 9. The average Bonchev–Trinajstić information content (AvgIpc) is 2.58. The first kappa shape index (κ1) is 60.9. The summed E-state index contributed by atoms with van der Waals surface area (Å²) < 4.78 is 97.8. The second-order valence-corrected chi connectivity index (χ2v) is 28.4. The maximum atomic E-state index is 13.5. The zero-order valence-electron chi connectivity index (χ0n) is 51.9. The van der Waals surface area contributed by atoms with Crippen molar-refractivity contribution in [1.82, 2.24) is 0 Å². The number of carbonyl (C=O) groups excluding carboxylic acids is 1. The third-order valence-corrected chi connectivity index (χ3v) is 22.7. The quantitative estimate of drug-likeness (QED) is 0.159. The number of carbonyl (C=O) groups is 1. The molecule has 9 saturated heterocycles. The molecule has 0 aromatic heterocycles. The van der Waals surface area contributed by atoms with Gasteiger partial charge in [0.05, 0.1) is 136 Å². The smallest absolute Gasteiger partial charge is 0.308 e. The van der Waals surface area contributed by atoms with E-state index in [0.29, 0.717) is 43.4 Å². The second-order valence-electron chi connectivity index (χ2n) is 28.4. The molecule has 12 aliphatic heterocycles. The highest BCUT2D eigenvalue weighted by molar-refractivity contribution is 5.69. The topological polar surface area (TPSA) is 146 Å². The van der Waals surface area contributed by atoms with Crippen molar-refractivity contribution in [2.45, 2.75) is 292 Å². The highest BCUT2D eigenvalue weighted by Gasteiger charge is 2.62. The fraction of sp³-hybridized carbons (Fsp3) is 0.838. The summed E-state index contributed by atoms with van der Waals surface area (Å²) in [5, 5.41) is 0. The Hall–Kier alpha value is -2.35. The van der Waals surface area contributed by atoms with Crippen molar-refractivity contribution >= 4 is 5.97 Å². The van der Waals surface area contributed by atoms with Crippen LogP contribution in [0.2, 0.25) is 0 Å². The highest BCUT2D eigenvalue weighted by Crippen LogP contribution is 2.54. The molecule has 83 heavy (non-hydrogen) atoms.